The van der Waals surface area contributed by atoms with Crippen LogP contribution in [0.4, 0.5) is 5.69 Å². The molecular weight excluding hydrogens is 294 g/mol. The number of piperidine rings is 1. The molecule has 114 valence electrons. The van der Waals surface area contributed by atoms with Crippen molar-refractivity contribution >= 4 is 27.5 Å². The topological polar surface area (TPSA) is 110 Å². The van der Waals surface area contributed by atoms with Gasteiger partial charge in [-0.1, -0.05) is 18.2 Å². The lowest BCUT2D eigenvalue weighted by Crippen LogP contribution is -2.53. The number of nitrogens with one attached hydrogen (secondary N) is 1. The molecule has 1 aliphatic rings. The number of nitrogen functional groups attached to an aromatic ring is 1. The molecule has 1 unspecified atom stereocenters. The van der Waals surface area contributed by atoms with E-state index in [0.29, 0.717) is 11.3 Å². The summed E-state index contributed by atoms with van der Waals surface area (Å²) in [6, 6.07) is 5.74. The van der Waals surface area contributed by atoms with Gasteiger partial charge < -0.3 is 5.73 Å². The average molecular weight is 311 g/mol. The SMILES string of the molecule is CN1C(=O)CCC(NS(=O)(=O)Cc2ccccc2N)C1=O. The van der Waals surface area contributed by atoms with Gasteiger partial charge in [-0.05, 0) is 18.1 Å². The van der Waals surface area contributed by atoms with Crippen LogP contribution in [0.3, 0.4) is 0 Å². The Balaban J connectivity index is 2.10. The second-order valence-electron chi connectivity index (χ2n) is 4.96. The van der Waals surface area contributed by atoms with Crippen LogP contribution in [-0.2, 0) is 25.4 Å². The molecule has 2 amide bonds. The summed E-state index contributed by atoms with van der Waals surface area (Å²) in [4.78, 5) is 24.2. The molecule has 8 heteroatoms. The van der Waals surface area contributed by atoms with Gasteiger partial charge in [-0.2, -0.15) is 0 Å². The van der Waals surface area contributed by atoms with Gasteiger partial charge in [0, 0.05) is 19.2 Å². The summed E-state index contributed by atoms with van der Waals surface area (Å²) in [7, 11) is -2.37. The molecule has 1 saturated heterocycles. The van der Waals surface area contributed by atoms with Crippen molar-refractivity contribution in [3.8, 4) is 0 Å². The fraction of sp³-hybridized carbons (Fsp3) is 0.385. The molecule has 21 heavy (non-hydrogen) atoms. The Labute approximate surface area is 123 Å². The van der Waals surface area contributed by atoms with Crippen molar-refractivity contribution in [1.82, 2.24) is 9.62 Å². The number of benzene rings is 1. The van der Waals surface area contributed by atoms with Crippen LogP contribution in [0.25, 0.3) is 0 Å². The van der Waals surface area contributed by atoms with E-state index >= 15 is 0 Å². The average Bonchev–Trinajstić information content (AvgIpc) is 2.42. The zero-order chi connectivity index (χ0) is 15.6. The molecule has 1 aromatic rings. The molecule has 1 aliphatic heterocycles. The van der Waals surface area contributed by atoms with Gasteiger partial charge in [0.25, 0.3) is 0 Å². The van der Waals surface area contributed by atoms with E-state index in [4.69, 9.17) is 5.73 Å². The van der Waals surface area contributed by atoms with Crippen LogP contribution in [-0.4, -0.2) is 38.2 Å². The molecule has 1 aromatic carbocycles. The van der Waals surface area contributed by atoms with Crippen LogP contribution in [0.5, 0.6) is 0 Å². The first-order valence-corrected chi connectivity index (χ1v) is 8.09. The summed E-state index contributed by atoms with van der Waals surface area (Å²) in [5.41, 5.74) is 6.57. The summed E-state index contributed by atoms with van der Waals surface area (Å²) in [5.74, 6) is -1.14. The van der Waals surface area contributed by atoms with Gasteiger partial charge in [0.2, 0.25) is 21.8 Å². The second-order valence-corrected chi connectivity index (χ2v) is 6.71. The number of amides is 2. The van der Waals surface area contributed by atoms with Gasteiger partial charge in [0.05, 0.1) is 5.75 Å². The van der Waals surface area contributed by atoms with E-state index in [1.165, 1.54) is 7.05 Å². The summed E-state index contributed by atoms with van der Waals surface area (Å²) >= 11 is 0. The molecule has 0 bridgehead atoms. The maximum absolute atomic E-state index is 12.1. The van der Waals surface area contributed by atoms with Crippen molar-refractivity contribution in [1.29, 1.82) is 0 Å². The first-order valence-electron chi connectivity index (χ1n) is 6.44. The third-order valence-electron chi connectivity index (χ3n) is 3.37. The van der Waals surface area contributed by atoms with Gasteiger partial charge in [-0.3, -0.25) is 14.5 Å². The lowest BCUT2D eigenvalue weighted by Gasteiger charge is -2.28. The smallest absolute Gasteiger partial charge is 0.247 e. The highest BCUT2D eigenvalue weighted by molar-refractivity contribution is 7.88. The van der Waals surface area contributed by atoms with Crippen molar-refractivity contribution in [3.05, 3.63) is 29.8 Å². The number of sulfonamides is 1. The van der Waals surface area contributed by atoms with Gasteiger partial charge in [-0.15, -0.1) is 0 Å². The third kappa shape index (κ3) is 3.59. The van der Waals surface area contributed by atoms with Crippen molar-refractivity contribution < 1.29 is 18.0 Å². The number of carbonyl (C=O) groups is 2. The van der Waals surface area contributed by atoms with E-state index in [0.717, 1.165) is 4.90 Å². The molecule has 1 heterocycles. The van der Waals surface area contributed by atoms with Crippen LogP contribution in [0.15, 0.2) is 24.3 Å². The summed E-state index contributed by atoms with van der Waals surface area (Å²) in [6.07, 6.45) is 0.314. The van der Waals surface area contributed by atoms with Gasteiger partial charge in [-0.25, -0.2) is 13.1 Å². The maximum Gasteiger partial charge on any atom is 0.247 e. The van der Waals surface area contributed by atoms with Crippen LogP contribution >= 0.6 is 0 Å². The Bertz CT molecular complexity index is 672. The zero-order valence-electron chi connectivity index (χ0n) is 11.6. The number of nitrogens with two attached hydrogens (primary N) is 1. The highest BCUT2D eigenvalue weighted by atomic mass is 32.2. The number of hydrogen-bond acceptors (Lipinski definition) is 5. The lowest BCUT2D eigenvalue weighted by molar-refractivity contribution is -0.147. The predicted octanol–water partition coefficient (Wildman–Crippen LogP) is -0.164. The van der Waals surface area contributed by atoms with Crippen LogP contribution in [0.2, 0.25) is 0 Å². The van der Waals surface area contributed by atoms with E-state index in [9.17, 15) is 18.0 Å². The van der Waals surface area contributed by atoms with Gasteiger partial charge in [0.15, 0.2) is 0 Å². The van der Waals surface area contributed by atoms with Crippen molar-refractivity contribution in [2.45, 2.75) is 24.6 Å². The number of likely N-dealkylation sites (tertiary alicyclic amines) is 1. The number of para-hydroxylation sites is 1. The van der Waals surface area contributed by atoms with Gasteiger partial charge >= 0.3 is 0 Å². The Morgan fingerprint density at radius 2 is 2.00 bits per heavy atom. The first-order chi connectivity index (χ1) is 9.80. The molecule has 7 nitrogen and oxygen atoms in total. The number of rotatable bonds is 4. The third-order valence-corrected chi connectivity index (χ3v) is 4.71. The number of nitrogens with zero attached hydrogens (tertiary/aromatic N) is 1. The van der Waals surface area contributed by atoms with E-state index in [1.54, 1.807) is 24.3 Å². The molecule has 0 spiro atoms. The molecule has 2 rings (SSSR count). The number of carbonyl (C=O) groups excluding carboxylic acids is 2. The highest BCUT2D eigenvalue weighted by Gasteiger charge is 2.34. The minimum atomic E-state index is -3.72. The van der Waals surface area contributed by atoms with E-state index in [-0.39, 0.29) is 24.5 Å². The van der Waals surface area contributed by atoms with E-state index in [1.807, 2.05) is 0 Å². The number of likely N-dealkylation sites (N-methyl/N-ethyl adjacent to an activating group) is 1. The fourth-order valence-corrected chi connectivity index (χ4v) is 3.56. The Morgan fingerprint density at radius 1 is 1.33 bits per heavy atom. The standard InChI is InChI=1S/C13H17N3O4S/c1-16-12(17)7-6-11(13(16)18)15-21(19,20)8-9-4-2-3-5-10(9)14/h2-5,11,15H,6-8,14H2,1H3. The summed E-state index contributed by atoms with van der Waals surface area (Å²) in [6.45, 7) is 0. The summed E-state index contributed by atoms with van der Waals surface area (Å²) in [5, 5.41) is 0. The monoisotopic (exact) mass is 311 g/mol. The molecule has 0 aromatic heterocycles. The minimum Gasteiger partial charge on any atom is -0.398 e. The van der Waals surface area contributed by atoms with E-state index in [2.05, 4.69) is 4.72 Å². The Hall–Kier alpha value is -1.93. The molecule has 0 radical (unpaired) electrons. The van der Waals surface area contributed by atoms with Crippen molar-refractivity contribution in [2.24, 2.45) is 0 Å². The normalized spacial score (nSPS) is 19.9. The van der Waals surface area contributed by atoms with Crippen LogP contribution in [0, 0.1) is 0 Å². The minimum absolute atomic E-state index is 0.142. The number of anilines is 1. The summed E-state index contributed by atoms with van der Waals surface area (Å²) < 4.78 is 26.6. The quantitative estimate of drug-likeness (QED) is 0.593. The van der Waals surface area contributed by atoms with Crippen LogP contribution < -0.4 is 10.5 Å². The number of imide groups is 1. The largest absolute Gasteiger partial charge is 0.398 e. The fourth-order valence-electron chi connectivity index (χ4n) is 2.15. The molecule has 1 fully saturated rings. The highest BCUT2D eigenvalue weighted by Crippen LogP contribution is 2.16. The first kappa shape index (κ1) is 15.5. The van der Waals surface area contributed by atoms with Crippen molar-refractivity contribution in [3.63, 3.8) is 0 Å². The van der Waals surface area contributed by atoms with E-state index < -0.39 is 22.0 Å². The Kier molecular flexibility index (Phi) is 4.29. The number of hydrogen-bond donors (Lipinski definition) is 2. The maximum atomic E-state index is 12.1. The van der Waals surface area contributed by atoms with Crippen molar-refractivity contribution in [2.75, 3.05) is 12.8 Å². The Morgan fingerprint density at radius 3 is 2.67 bits per heavy atom. The molecular formula is C13H17N3O4S. The second kappa shape index (κ2) is 5.82. The molecule has 0 saturated carbocycles. The zero-order valence-corrected chi connectivity index (χ0v) is 12.4. The van der Waals surface area contributed by atoms with Gasteiger partial charge in [0.1, 0.15) is 6.04 Å². The predicted molar refractivity (Wildman–Crippen MR) is 77.4 cm³/mol. The molecule has 1 atom stereocenters. The van der Waals surface area contributed by atoms with Crippen LogP contribution in [0.1, 0.15) is 18.4 Å². The molecule has 0 aliphatic carbocycles. The lowest BCUT2D eigenvalue weighted by atomic mass is 10.1. The molecule has 3 N–H and O–H groups in total.